The van der Waals surface area contributed by atoms with Gasteiger partial charge in [0.1, 0.15) is 12.3 Å². The SMILES string of the molecule is CCOc1ccc(C(=O)Cn2ccc([N+](=O)[O-])n2)cc1. The highest BCUT2D eigenvalue weighted by molar-refractivity contribution is 5.95. The summed E-state index contributed by atoms with van der Waals surface area (Å²) in [7, 11) is 0. The fraction of sp³-hybridized carbons (Fsp3) is 0.231. The first-order chi connectivity index (χ1) is 9.60. The first kappa shape index (κ1) is 13.7. The molecule has 7 heteroatoms. The van der Waals surface area contributed by atoms with Gasteiger partial charge in [0.2, 0.25) is 0 Å². The summed E-state index contributed by atoms with van der Waals surface area (Å²) in [5, 5.41) is 14.2. The number of ether oxygens (including phenoxy) is 1. The van der Waals surface area contributed by atoms with Gasteiger partial charge in [-0.15, -0.1) is 0 Å². The minimum atomic E-state index is -0.599. The summed E-state index contributed by atoms with van der Waals surface area (Å²) in [6.07, 6.45) is 1.41. The average molecular weight is 275 g/mol. The molecule has 7 nitrogen and oxygen atoms in total. The Labute approximate surface area is 114 Å². The molecule has 1 heterocycles. The number of nitrogens with zero attached hydrogens (tertiary/aromatic N) is 3. The fourth-order valence-corrected chi connectivity index (χ4v) is 1.68. The lowest BCUT2D eigenvalue weighted by atomic mass is 10.1. The average Bonchev–Trinajstić information content (AvgIpc) is 2.88. The van der Waals surface area contributed by atoms with Crippen LogP contribution in [0.4, 0.5) is 5.82 Å². The van der Waals surface area contributed by atoms with Gasteiger partial charge in [-0.1, -0.05) is 0 Å². The molecule has 2 rings (SSSR count). The van der Waals surface area contributed by atoms with E-state index in [1.807, 2.05) is 6.92 Å². The van der Waals surface area contributed by atoms with Crippen LogP contribution in [0.1, 0.15) is 17.3 Å². The molecule has 0 radical (unpaired) electrons. The molecule has 1 aromatic carbocycles. The number of hydrogen-bond donors (Lipinski definition) is 0. The van der Waals surface area contributed by atoms with Crippen molar-refractivity contribution in [2.75, 3.05) is 6.61 Å². The van der Waals surface area contributed by atoms with Crippen molar-refractivity contribution in [3.05, 3.63) is 52.2 Å². The highest BCUT2D eigenvalue weighted by atomic mass is 16.6. The van der Waals surface area contributed by atoms with Crippen molar-refractivity contribution in [1.29, 1.82) is 0 Å². The highest BCUT2D eigenvalue weighted by Gasteiger charge is 2.14. The number of carbonyl (C=O) groups is 1. The second-order valence-corrected chi connectivity index (χ2v) is 4.01. The summed E-state index contributed by atoms with van der Waals surface area (Å²) in [5.74, 6) is 0.245. The molecule has 0 amide bonds. The van der Waals surface area contributed by atoms with E-state index in [9.17, 15) is 14.9 Å². The van der Waals surface area contributed by atoms with Crippen LogP contribution in [0.2, 0.25) is 0 Å². The quantitative estimate of drug-likeness (QED) is 0.457. The molecular weight excluding hydrogens is 262 g/mol. The summed E-state index contributed by atoms with van der Waals surface area (Å²) in [5.41, 5.74) is 0.506. The van der Waals surface area contributed by atoms with E-state index < -0.39 is 4.92 Å². The lowest BCUT2D eigenvalue weighted by molar-refractivity contribution is -0.389. The third-order valence-corrected chi connectivity index (χ3v) is 2.61. The number of ketones is 1. The number of benzene rings is 1. The van der Waals surface area contributed by atoms with E-state index in [0.717, 1.165) is 0 Å². The second kappa shape index (κ2) is 5.96. The molecule has 0 aliphatic carbocycles. The molecule has 0 saturated carbocycles. The third kappa shape index (κ3) is 3.19. The van der Waals surface area contributed by atoms with Gasteiger partial charge in [-0.3, -0.25) is 4.79 Å². The van der Waals surface area contributed by atoms with Crippen LogP contribution in [0, 0.1) is 10.1 Å². The van der Waals surface area contributed by atoms with E-state index in [-0.39, 0.29) is 18.1 Å². The summed E-state index contributed by atoms with van der Waals surface area (Å²) in [6.45, 7) is 2.40. The zero-order chi connectivity index (χ0) is 14.5. The van der Waals surface area contributed by atoms with E-state index in [4.69, 9.17) is 4.74 Å². The van der Waals surface area contributed by atoms with Crippen molar-refractivity contribution < 1.29 is 14.5 Å². The van der Waals surface area contributed by atoms with Gasteiger partial charge in [0.05, 0.1) is 24.0 Å². The molecule has 0 N–H and O–H groups in total. The molecule has 0 fully saturated rings. The minimum absolute atomic E-state index is 0.0399. The third-order valence-electron chi connectivity index (χ3n) is 2.61. The first-order valence-electron chi connectivity index (χ1n) is 6.04. The van der Waals surface area contributed by atoms with Crippen LogP contribution in [-0.4, -0.2) is 27.1 Å². The monoisotopic (exact) mass is 275 g/mol. The Hall–Kier alpha value is -2.70. The van der Waals surface area contributed by atoms with Crippen LogP contribution in [-0.2, 0) is 6.54 Å². The molecule has 0 saturated heterocycles. The number of Topliss-reactive ketones (excluding diaryl/α,β-unsaturated/α-hetero) is 1. The smallest absolute Gasteiger partial charge is 0.389 e. The Kier molecular flexibility index (Phi) is 4.09. The van der Waals surface area contributed by atoms with Gasteiger partial charge in [-0.05, 0) is 36.1 Å². The second-order valence-electron chi connectivity index (χ2n) is 4.01. The minimum Gasteiger partial charge on any atom is -0.494 e. The van der Waals surface area contributed by atoms with Gasteiger partial charge in [-0.2, -0.15) is 4.68 Å². The number of carbonyl (C=O) groups excluding carboxylic acids is 1. The van der Waals surface area contributed by atoms with Crippen LogP contribution in [0.5, 0.6) is 5.75 Å². The van der Waals surface area contributed by atoms with Crippen molar-refractivity contribution in [3.8, 4) is 5.75 Å². The number of hydrogen-bond acceptors (Lipinski definition) is 5. The maximum atomic E-state index is 12.0. The normalized spacial score (nSPS) is 10.2. The molecule has 0 unspecified atom stereocenters. The molecule has 104 valence electrons. The van der Waals surface area contributed by atoms with Gasteiger partial charge in [-0.25, -0.2) is 0 Å². The van der Waals surface area contributed by atoms with Crippen LogP contribution >= 0.6 is 0 Å². The predicted molar refractivity (Wildman–Crippen MR) is 70.8 cm³/mol. The van der Waals surface area contributed by atoms with Gasteiger partial charge < -0.3 is 14.9 Å². The summed E-state index contributed by atoms with van der Waals surface area (Å²) in [4.78, 5) is 21.9. The number of nitro groups is 1. The maximum absolute atomic E-state index is 12.0. The van der Waals surface area contributed by atoms with Crippen molar-refractivity contribution in [2.45, 2.75) is 13.5 Å². The van der Waals surface area contributed by atoms with Gasteiger partial charge in [0.15, 0.2) is 5.78 Å². The largest absolute Gasteiger partial charge is 0.494 e. The van der Waals surface area contributed by atoms with E-state index in [2.05, 4.69) is 5.10 Å². The molecule has 0 aliphatic rings. The lowest BCUT2D eigenvalue weighted by Gasteiger charge is -2.03. The topological polar surface area (TPSA) is 87.3 Å². The van der Waals surface area contributed by atoms with Crippen LogP contribution in [0.3, 0.4) is 0 Å². The molecule has 2 aromatic rings. The number of aromatic nitrogens is 2. The van der Waals surface area contributed by atoms with Crippen molar-refractivity contribution >= 4 is 11.6 Å². The van der Waals surface area contributed by atoms with Crippen molar-refractivity contribution in [1.82, 2.24) is 9.78 Å². The Morgan fingerprint density at radius 1 is 1.35 bits per heavy atom. The molecule has 0 aliphatic heterocycles. The maximum Gasteiger partial charge on any atom is 0.389 e. The lowest BCUT2D eigenvalue weighted by Crippen LogP contribution is -2.11. The van der Waals surface area contributed by atoms with Gasteiger partial charge >= 0.3 is 5.82 Å². The Morgan fingerprint density at radius 2 is 2.05 bits per heavy atom. The van der Waals surface area contributed by atoms with Crippen LogP contribution < -0.4 is 4.74 Å². The molecule has 0 spiro atoms. The molecule has 20 heavy (non-hydrogen) atoms. The zero-order valence-electron chi connectivity index (χ0n) is 10.9. The fourth-order valence-electron chi connectivity index (χ4n) is 1.68. The Balaban J connectivity index is 2.05. The van der Waals surface area contributed by atoms with Crippen LogP contribution in [0.15, 0.2) is 36.5 Å². The predicted octanol–water partition coefficient (Wildman–Crippen LogP) is 2.07. The highest BCUT2D eigenvalue weighted by Crippen LogP contribution is 2.13. The summed E-state index contributed by atoms with van der Waals surface area (Å²) < 4.78 is 6.53. The molecule has 1 aromatic heterocycles. The number of rotatable bonds is 6. The van der Waals surface area contributed by atoms with E-state index in [0.29, 0.717) is 17.9 Å². The standard InChI is InChI=1S/C13H13N3O4/c1-2-20-11-5-3-10(4-6-11)12(17)9-15-8-7-13(14-15)16(18)19/h3-8H,2,9H2,1H3. The Morgan fingerprint density at radius 3 is 2.60 bits per heavy atom. The van der Waals surface area contributed by atoms with Crippen molar-refractivity contribution in [3.63, 3.8) is 0 Å². The summed E-state index contributed by atoms with van der Waals surface area (Å²) >= 11 is 0. The molecule has 0 atom stereocenters. The van der Waals surface area contributed by atoms with Gasteiger partial charge in [0, 0.05) is 5.56 Å². The van der Waals surface area contributed by atoms with E-state index >= 15 is 0 Å². The van der Waals surface area contributed by atoms with Crippen molar-refractivity contribution in [2.24, 2.45) is 0 Å². The van der Waals surface area contributed by atoms with E-state index in [1.165, 1.54) is 16.9 Å². The van der Waals surface area contributed by atoms with Gasteiger partial charge in [0.25, 0.3) is 0 Å². The molecule has 0 bridgehead atoms. The first-order valence-corrected chi connectivity index (χ1v) is 6.04. The van der Waals surface area contributed by atoms with Crippen LogP contribution in [0.25, 0.3) is 0 Å². The zero-order valence-corrected chi connectivity index (χ0v) is 10.9. The summed E-state index contributed by atoms with van der Waals surface area (Å²) in [6, 6.07) is 7.99. The Bertz CT molecular complexity index is 619. The van der Waals surface area contributed by atoms with E-state index in [1.54, 1.807) is 24.3 Å². The molecular formula is C13H13N3O4.